The molecule has 0 atom stereocenters. The maximum absolute atomic E-state index is 13.5. The molecule has 1 amide bonds. The van der Waals surface area contributed by atoms with E-state index >= 15 is 0 Å². The molecule has 2 N–H and O–H groups in total. The minimum atomic E-state index is -4.79. The summed E-state index contributed by atoms with van der Waals surface area (Å²) >= 11 is 11.9. The van der Waals surface area contributed by atoms with Gasteiger partial charge in [0.05, 0.1) is 23.2 Å². The number of fused-ring (bicyclic) bond motifs is 1. The van der Waals surface area contributed by atoms with Crippen LogP contribution >= 0.6 is 23.2 Å². The van der Waals surface area contributed by atoms with Gasteiger partial charge in [0.15, 0.2) is 0 Å². The number of hydrogen-bond acceptors (Lipinski definition) is 4. The van der Waals surface area contributed by atoms with E-state index in [9.17, 15) is 27.6 Å². The third-order valence-electron chi connectivity index (χ3n) is 5.77. The Hall–Kier alpha value is -4.08. The smallest absolute Gasteiger partial charge is 0.418 e. The van der Waals surface area contributed by atoms with Gasteiger partial charge in [0.25, 0.3) is 0 Å². The van der Waals surface area contributed by atoms with Crippen LogP contribution in [0.2, 0.25) is 10.0 Å². The van der Waals surface area contributed by atoms with Gasteiger partial charge >= 0.3 is 17.8 Å². The van der Waals surface area contributed by atoms with Gasteiger partial charge in [0.1, 0.15) is 5.58 Å². The molecule has 0 aliphatic rings. The largest absolute Gasteiger partial charge is 0.478 e. The van der Waals surface area contributed by atoms with E-state index in [0.29, 0.717) is 38.7 Å². The van der Waals surface area contributed by atoms with Gasteiger partial charge in [0, 0.05) is 33.1 Å². The molecule has 0 aliphatic carbocycles. The molecule has 11 heteroatoms. The number of anilines is 1. The van der Waals surface area contributed by atoms with E-state index in [1.54, 1.807) is 37.3 Å². The second-order valence-corrected chi connectivity index (χ2v) is 9.39. The first kappa shape index (κ1) is 27.9. The van der Waals surface area contributed by atoms with Crippen LogP contribution < -0.4 is 10.9 Å². The molecule has 0 radical (unpaired) electrons. The van der Waals surface area contributed by atoms with Crippen molar-refractivity contribution in [1.29, 1.82) is 0 Å². The molecule has 3 aromatic carbocycles. The minimum Gasteiger partial charge on any atom is -0.478 e. The van der Waals surface area contributed by atoms with Crippen LogP contribution in [0.5, 0.6) is 0 Å². The summed E-state index contributed by atoms with van der Waals surface area (Å²) in [5.74, 6) is -2.06. The zero-order valence-corrected chi connectivity index (χ0v) is 21.5. The summed E-state index contributed by atoms with van der Waals surface area (Å²) in [6, 6.07) is 12.6. The number of carbonyl (C=O) groups is 2. The fraction of sp³-hybridized carbons (Fsp3) is 0.107. The quantitative estimate of drug-likeness (QED) is 0.185. The number of carboxylic acid groups (broad SMARTS) is 1. The summed E-state index contributed by atoms with van der Waals surface area (Å²) in [6.45, 7) is 1.73. The number of amides is 1. The number of aliphatic carboxylic acids is 1. The van der Waals surface area contributed by atoms with Crippen LogP contribution in [0.15, 0.2) is 69.9 Å². The molecule has 1 heterocycles. The molecule has 0 saturated carbocycles. The lowest BCUT2D eigenvalue weighted by Crippen LogP contribution is -2.22. The van der Waals surface area contributed by atoms with Gasteiger partial charge in [0.2, 0.25) is 5.91 Å². The third kappa shape index (κ3) is 6.32. The van der Waals surface area contributed by atoms with Gasteiger partial charge in [-0.25, -0.2) is 9.59 Å². The van der Waals surface area contributed by atoms with E-state index in [2.05, 4.69) is 5.32 Å². The zero-order valence-electron chi connectivity index (χ0n) is 20.0. The van der Waals surface area contributed by atoms with E-state index in [-0.39, 0.29) is 16.2 Å². The Morgan fingerprint density at radius 2 is 1.82 bits per heavy atom. The van der Waals surface area contributed by atoms with Crippen molar-refractivity contribution in [2.45, 2.75) is 19.5 Å². The van der Waals surface area contributed by atoms with Crippen molar-refractivity contribution in [3.05, 3.63) is 103 Å². The normalized spacial score (nSPS) is 11.7. The predicted octanol–water partition coefficient (Wildman–Crippen LogP) is 7.37. The molecule has 0 fully saturated rings. The Morgan fingerprint density at radius 3 is 2.51 bits per heavy atom. The standard InChI is InChI=1S/C28H18Cl2F3NO5/c1-14-9-18-23(13-21(14)30)39-27(38)19(26(18)16-4-2-3-15(10-16)5-8-25(36)37)12-24(35)34-22-7-6-17(29)11-20(22)28(31,32)33/h2-11,13H,12H2,1H3,(H,34,35)(H,36,37). The van der Waals surface area contributed by atoms with Gasteiger partial charge < -0.3 is 14.8 Å². The molecule has 0 unspecified atom stereocenters. The topological polar surface area (TPSA) is 96.6 Å². The van der Waals surface area contributed by atoms with E-state index in [0.717, 1.165) is 12.1 Å². The third-order valence-corrected chi connectivity index (χ3v) is 6.42. The van der Waals surface area contributed by atoms with Crippen LogP contribution in [-0.4, -0.2) is 17.0 Å². The molecule has 6 nitrogen and oxygen atoms in total. The average molecular weight is 576 g/mol. The second-order valence-electron chi connectivity index (χ2n) is 8.55. The summed E-state index contributed by atoms with van der Waals surface area (Å²) < 4.78 is 46.0. The van der Waals surface area contributed by atoms with Crippen LogP contribution in [0.4, 0.5) is 18.9 Å². The number of hydrogen-bond donors (Lipinski definition) is 2. The molecule has 0 aliphatic heterocycles. The first-order valence-corrected chi connectivity index (χ1v) is 12.0. The number of aryl methyl sites for hydroxylation is 1. The molecule has 4 aromatic rings. The molecule has 1 aromatic heterocycles. The number of nitrogens with one attached hydrogen (secondary N) is 1. The molecule has 200 valence electrons. The van der Waals surface area contributed by atoms with Crippen LogP contribution in [0.25, 0.3) is 28.2 Å². The molecule has 4 rings (SSSR count). The molecule has 39 heavy (non-hydrogen) atoms. The van der Waals surface area contributed by atoms with E-state index in [1.807, 2.05) is 0 Å². The van der Waals surface area contributed by atoms with Crippen LogP contribution in [-0.2, 0) is 22.2 Å². The fourth-order valence-electron chi connectivity index (χ4n) is 4.04. The lowest BCUT2D eigenvalue weighted by Gasteiger charge is -2.16. The van der Waals surface area contributed by atoms with Gasteiger partial charge in [-0.1, -0.05) is 41.4 Å². The summed E-state index contributed by atoms with van der Waals surface area (Å²) in [6.07, 6.45) is -3.11. The summed E-state index contributed by atoms with van der Waals surface area (Å²) in [4.78, 5) is 37.1. The number of carboxylic acids is 1. The number of halogens is 5. The second kappa shape index (κ2) is 11.0. The lowest BCUT2D eigenvalue weighted by atomic mass is 9.93. The SMILES string of the molecule is Cc1cc2c(-c3cccc(C=CC(=O)O)c3)c(CC(=O)Nc3ccc(Cl)cc3C(F)(F)F)c(=O)oc2cc1Cl. The van der Waals surface area contributed by atoms with E-state index in [4.69, 9.17) is 32.7 Å². The molecule has 0 saturated heterocycles. The van der Waals surface area contributed by atoms with Gasteiger partial charge in [-0.15, -0.1) is 0 Å². The summed E-state index contributed by atoms with van der Waals surface area (Å²) in [7, 11) is 0. The van der Waals surface area contributed by atoms with Crippen LogP contribution in [0, 0.1) is 6.92 Å². The fourth-order valence-corrected chi connectivity index (χ4v) is 4.37. The molecule has 0 spiro atoms. The Morgan fingerprint density at radius 1 is 1.08 bits per heavy atom. The first-order chi connectivity index (χ1) is 18.3. The first-order valence-electron chi connectivity index (χ1n) is 11.3. The highest BCUT2D eigenvalue weighted by atomic mass is 35.5. The Labute approximate surface area is 229 Å². The summed E-state index contributed by atoms with van der Waals surface area (Å²) in [5.41, 5.74) is -0.625. The highest BCUT2D eigenvalue weighted by Gasteiger charge is 2.34. The maximum atomic E-state index is 13.5. The minimum absolute atomic E-state index is 0.108. The van der Waals surface area contributed by atoms with Crippen LogP contribution in [0.1, 0.15) is 22.3 Å². The monoisotopic (exact) mass is 575 g/mol. The van der Waals surface area contributed by atoms with E-state index in [1.165, 1.54) is 18.2 Å². The van der Waals surface area contributed by atoms with Gasteiger partial charge in [-0.05, 0) is 60.0 Å². The maximum Gasteiger partial charge on any atom is 0.418 e. The zero-order chi connectivity index (χ0) is 28.5. The molecular formula is C28H18Cl2F3NO5. The van der Waals surface area contributed by atoms with Crippen molar-refractivity contribution in [2.75, 3.05) is 5.32 Å². The predicted molar refractivity (Wildman–Crippen MR) is 143 cm³/mol. The number of alkyl halides is 3. The Kier molecular flexibility index (Phi) is 7.85. The number of carbonyl (C=O) groups excluding carboxylic acids is 1. The van der Waals surface area contributed by atoms with Crippen molar-refractivity contribution in [2.24, 2.45) is 0 Å². The van der Waals surface area contributed by atoms with Crippen molar-refractivity contribution in [1.82, 2.24) is 0 Å². The lowest BCUT2D eigenvalue weighted by molar-refractivity contribution is -0.137. The Balaban J connectivity index is 1.85. The number of benzene rings is 3. The van der Waals surface area contributed by atoms with Gasteiger partial charge in [-0.3, -0.25) is 4.79 Å². The van der Waals surface area contributed by atoms with Gasteiger partial charge in [-0.2, -0.15) is 13.2 Å². The summed E-state index contributed by atoms with van der Waals surface area (Å²) in [5, 5.41) is 11.8. The van der Waals surface area contributed by atoms with Crippen molar-refractivity contribution < 1.29 is 32.3 Å². The van der Waals surface area contributed by atoms with Crippen molar-refractivity contribution in [3.8, 4) is 11.1 Å². The van der Waals surface area contributed by atoms with Crippen molar-refractivity contribution in [3.63, 3.8) is 0 Å². The highest BCUT2D eigenvalue weighted by molar-refractivity contribution is 6.32. The average Bonchev–Trinajstić information content (AvgIpc) is 2.85. The Bertz CT molecular complexity index is 1710. The van der Waals surface area contributed by atoms with Crippen molar-refractivity contribution >= 4 is 57.8 Å². The van der Waals surface area contributed by atoms with Crippen LogP contribution in [0.3, 0.4) is 0 Å². The molecular weight excluding hydrogens is 558 g/mol. The molecule has 0 bridgehead atoms. The van der Waals surface area contributed by atoms with E-state index < -0.39 is 41.4 Å². The number of rotatable bonds is 6. The highest BCUT2D eigenvalue weighted by Crippen LogP contribution is 2.37.